The van der Waals surface area contributed by atoms with Gasteiger partial charge in [0.05, 0.1) is 0 Å². The first kappa shape index (κ1) is 12.3. The Bertz CT molecular complexity index is 135. The summed E-state index contributed by atoms with van der Waals surface area (Å²) >= 11 is 0. The molecule has 1 unspecified atom stereocenters. The average Bonchev–Trinajstić information content (AvgIpc) is 2.09. The Hall–Kier alpha value is 0.345. The molecule has 0 amide bonds. The van der Waals surface area contributed by atoms with Gasteiger partial charge in [-0.3, -0.25) is 0 Å². The van der Waals surface area contributed by atoms with Gasteiger partial charge in [-0.25, -0.2) is 0 Å². The molecule has 1 nitrogen and oxygen atoms in total. The smallest absolute Gasteiger partial charge is 0.187 e. The summed E-state index contributed by atoms with van der Waals surface area (Å²) in [5, 5.41) is 0. The van der Waals surface area contributed by atoms with Gasteiger partial charge in [0, 0.05) is 33.2 Å². The third-order valence-corrected chi connectivity index (χ3v) is 5.23. The van der Waals surface area contributed by atoms with Gasteiger partial charge in [0.15, 0.2) is 9.04 Å². The molecule has 0 aromatic carbocycles. The molecule has 1 heterocycles. The van der Waals surface area contributed by atoms with Crippen LogP contribution in [-0.2, 0) is 25.5 Å². The summed E-state index contributed by atoms with van der Waals surface area (Å²) in [5.74, 6) is 0. The maximum atomic E-state index is 5.72. The zero-order valence-corrected chi connectivity index (χ0v) is 10.7. The normalized spacial score (nSPS) is 22.9. The first-order chi connectivity index (χ1) is 5.38. The minimum atomic E-state index is -0.977. The minimum absolute atomic E-state index is 0. The number of rotatable bonds is 3. The second kappa shape index (κ2) is 6.82. The van der Waals surface area contributed by atoms with Crippen LogP contribution < -0.4 is 0 Å². The Morgan fingerprint density at radius 1 is 1.25 bits per heavy atom. The summed E-state index contributed by atoms with van der Waals surface area (Å²) in [5.41, 5.74) is 0.482. The van der Waals surface area contributed by atoms with Crippen LogP contribution in [0.25, 0.3) is 0 Å². The van der Waals surface area contributed by atoms with E-state index in [-0.39, 0.29) is 21.1 Å². The quantitative estimate of drug-likeness (QED) is 0.552. The largest absolute Gasteiger partial charge is 0.419 e. The molecule has 12 heavy (non-hydrogen) atoms. The Kier molecular flexibility index (Phi) is 7.01. The van der Waals surface area contributed by atoms with Crippen LogP contribution in [0.5, 0.6) is 0 Å². The molecule has 1 atom stereocenters. The maximum absolute atomic E-state index is 5.72. The van der Waals surface area contributed by atoms with Crippen molar-refractivity contribution in [2.75, 3.05) is 6.61 Å². The summed E-state index contributed by atoms with van der Waals surface area (Å²) in [6.45, 7) is 8.55. The van der Waals surface area contributed by atoms with Gasteiger partial charge in [-0.1, -0.05) is 18.6 Å². The van der Waals surface area contributed by atoms with Crippen molar-refractivity contribution < 1.29 is 25.5 Å². The van der Waals surface area contributed by atoms with E-state index in [9.17, 15) is 0 Å². The van der Waals surface area contributed by atoms with Crippen molar-refractivity contribution in [2.24, 2.45) is 0 Å². The zero-order chi connectivity index (χ0) is 8.10. The SMILES string of the molecule is C=CC(C=C)[SiH]1CCCCO1.[Pt]. The van der Waals surface area contributed by atoms with E-state index in [2.05, 4.69) is 13.2 Å². The molecule has 1 aliphatic heterocycles. The summed E-state index contributed by atoms with van der Waals surface area (Å²) in [6, 6.07) is 1.29. The first-order valence-electron chi connectivity index (χ1n) is 4.25. The Balaban J connectivity index is 0.00000121. The third kappa shape index (κ3) is 3.38. The molecule has 0 saturated carbocycles. The summed E-state index contributed by atoms with van der Waals surface area (Å²) in [7, 11) is -0.977. The molecule has 0 bridgehead atoms. The van der Waals surface area contributed by atoms with Gasteiger partial charge in [0.2, 0.25) is 0 Å². The molecule has 1 saturated heterocycles. The molecule has 0 N–H and O–H groups in total. The summed E-state index contributed by atoms with van der Waals surface area (Å²) in [6.07, 6.45) is 6.55. The predicted octanol–water partition coefficient (Wildman–Crippen LogP) is 2.26. The van der Waals surface area contributed by atoms with E-state index in [1.54, 1.807) is 0 Å². The van der Waals surface area contributed by atoms with Gasteiger partial charge in [-0.05, 0) is 12.5 Å². The van der Waals surface area contributed by atoms with Crippen molar-refractivity contribution in [3.63, 3.8) is 0 Å². The van der Waals surface area contributed by atoms with E-state index in [0.717, 1.165) is 6.61 Å². The molecule has 1 aliphatic rings. The number of hydrogen-bond donors (Lipinski definition) is 0. The van der Waals surface area contributed by atoms with E-state index in [1.807, 2.05) is 12.2 Å². The van der Waals surface area contributed by atoms with Crippen molar-refractivity contribution in [3.05, 3.63) is 25.3 Å². The molecule has 0 aromatic heterocycles. The van der Waals surface area contributed by atoms with Crippen LogP contribution in [0.4, 0.5) is 0 Å². The van der Waals surface area contributed by atoms with Crippen molar-refractivity contribution in [3.8, 4) is 0 Å². The molecule has 0 radical (unpaired) electrons. The molecule has 3 heteroatoms. The molecule has 1 fully saturated rings. The molecule has 0 aromatic rings. The van der Waals surface area contributed by atoms with Crippen LogP contribution in [0.2, 0.25) is 11.6 Å². The minimum Gasteiger partial charge on any atom is -0.419 e. The third-order valence-electron chi connectivity index (χ3n) is 2.19. The van der Waals surface area contributed by atoms with E-state index in [1.165, 1.54) is 18.9 Å². The summed E-state index contributed by atoms with van der Waals surface area (Å²) in [4.78, 5) is 0. The topological polar surface area (TPSA) is 9.23 Å². The second-order valence-corrected chi connectivity index (χ2v) is 5.71. The van der Waals surface area contributed by atoms with Crippen LogP contribution in [0.3, 0.4) is 0 Å². The fraction of sp³-hybridized carbons (Fsp3) is 0.556. The second-order valence-electron chi connectivity index (χ2n) is 2.95. The van der Waals surface area contributed by atoms with Gasteiger partial charge in [-0.2, -0.15) is 0 Å². The Morgan fingerprint density at radius 3 is 2.33 bits per heavy atom. The van der Waals surface area contributed by atoms with E-state index >= 15 is 0 Å². The van der Waals surface area contributed by atoms with Crippen molar-refractivity contribution in [1.82, 2.24) is 0 Å². The van der Waals surface area contributed by atoms with E-state index in [4.69, 9.17) is 4.43 Å². The van der Waals surface area contributed by atoms with E-state index < -0.39 is 9.04 Å². The standard InChI is InChI=1S/C9H16OSi.Pt/c1-3-9(4-2)11-8-6-5-7-10-11;/h3-4,9,11H,1-2,5-8H2;. The van der Waals surface area contributed by atoms with Gasteiger partial charge in [-0.15, -0.1) is 13.2 Å². The molecule has 72 valence electrons. The monoisotopic (exact) mass is 363 g/mol. The molecular weight excluding hydrogens is 347 g/mol. The molecule has 1 rings (SSSR count). The predicted molar refractivity (Wildman–Crippen MR) is 51.3 cm³/mol. The number of allylic oxidation sites excluding steroid dienone is 2. The van der Waals surface area contributed by atoms with Gasteiger partial charge in [0.25, 0.3) is 0 Å². The summed E-state index contributed by atoms with van der Waals surface area (Å²) < 4.78 is 5.72. The van der Waals surface area contributed by atoms with Crippen LogP contribution in [0, 0.1) is 0 Å². The molecular formula is C9H16OPtSi. The van der Waals surface area contributed by atoms with Crippen molar-refractivity contribution in [2.45, 2.75) is 24.4 Å². The van der Waals surface area contributed by atoms with Crippen LogP contribution >= 0.6 is 0 Å². The molecule has 0 spiro atoms. The van der Waals surface area contributed by atoms with E-state index in [0.29, 0.717) is 5.54 Å². The van der Waals surface area contributed by atoms with Crippen LogP contribution in [0.15, 0.2) is 25.3 Å². The van der Waals surface area contributed by atoms with Gasteiger partial charge >= 0.3 is 0 Å². The maximum Gasteiger partial charge on any atom is 0.187 e. The fourth-order valence-corrected chi connectivity index (χ4v) is 4.01. The van der Waals surface area contributed by atoms with Crippen LogP contribution in [0.1, 0.15) is 12.8 Å². The fourth-order valence-electron chi connectivity index (χ4n) is 1.47. The Labute approximate surface area is 90.9 Å². The average molecular weight is 363 g/mol. The van der Waals surface area contributed by atoms with Gasteiger partial charge in [0.1, 0.15) is 0 Å². The van der Waals surface area contributed by atoms with Crippen molar-refractivity contribution in [1.29, 1.82) is 0 Å². The van der Waals surface area contributed by atoms with Crippen LogP contribution in [-0.4, -0.2) is 15.6 Å². The molecule has 0 aliphatic carbocycles. The van der Waals surface area contributed by atoms with Crippen molar-refractivity contribution >= 4 is 9.04 Å². The number of hydrogen-bond acceptors (Lipinski definition) is 1. The Morgan fingerprint density at radius 2 is 1.92 bits per heavy atom. The zero-order valence-electron chi connectivity index (χ0n) is 7.28. The van der Waals surface area contributed by atoms with Gasteiger partial charge < -0.3 is 4.43 Å². The first-order valence-corrected chi connectivity index (χ1v) is 6.20.